The quantitative estimate of drug-likeness (QED) is 0.286. The summed E-state index contributed by atoms with van der Waals surface area (Å²) in [5, 5.41) is 2.87. The van der Waals surface area contributed by atoms with Gasteiger partial charge < -0.3 is 14.8 Å². The second-order valence-corrected chi connectivity index (χ2v) is 9.85. The molecule has 1 N–H and O–H groups in total. The van der Waals surface area contributed by atoms with Crippen LogP contribution in [0.3, 0.4) is 0 Å². The van der Waals surface area contributed by atoms with Crippen molar-refractivity contribution in [1.29, 1.82) is 0 Å². The lowest BCUT2D eigenvalue weighted by molar-refractivity contribution is -0.118. The average Bonchev–Trinajstić information content (AvgIpc) is 3.13. The number of anilines is 2. The van der Waals surface area contributed by atoms with Crippen LogP contribution in [-0.2, 0) is 9.59 Å². The molecule has 1 saturated heterocycles. The molecule has 1 heterocycles. The van der Waals surface area contributed by atoms with Gasteiger partial charge in [-0.15, -0.1) is 0 Å². The molecule has 8 heteroatoms. The molecule has 184 valence electrons. The molecule has 0 saturated carbocycles. The van der Waals surface area contributed by atoms with Gasteiger partial charge in [0.25, 0.3) is 11.8 Å². The van der Waals surface area contributed by atoms with E-state index in [1.165, 1.54) is 16.7 Å². The number of nitrogens with one attached hydrogen (secondary N) is 1. The van der Waals surface area contributed by atoms with E-state index in [1.807, 2.05) is 75.4 Å². The zero-order valence-corrected chi connectivity index (χ0v) is 21.9. The smallest absolute Gasteiger partial charge is 0.270 e. The standard InChI is InChI=1S/C28H26N2O4S2/c1-4-33-22-11-9-21(10-12-22)30-27(32)25(36-28(30)35)16-20-6-5-7-23(15-20)34-17-26(31)29-24-13-8-18(2)14-19(24)3/h5-16H,4,17H2,1-3H3,(H,29,31)/b25-16-. The van der Waals surface area contributed by atoms with Crippen molar-refractivity contribution >= 4 is 57.6 Å². The van der Waals surface area contributed by atoms with Gasteiger partial charge in [-0.2, -0.15) is 0 Å². The molecule has 2 amide bonds. The Kier molecular flexibility index (Phi) is 8.07. The predicted octanol–water partition coefficient (Wildman–Crippen LogP) is 6.13. The van der Waals surface area contributed by atoms with Crippen LogP contribution in [0.15, 0.2) is 71.6 Å². The largest absolute Gasteiger partial charge is 0.494 e. The number of carbonyl (C=O) groups is 2. The summed E-state index contributed by atoms with van der Waals surface area (Å²) in [7, 11) is 0. The summed E-state index contributed by atoms with van der Waals surface area (Å²) < 4.78 is 11.6. The van der Waals surface area contributed by atoms with Gasteiger partial charge in [-0.1, -0.05) is 53.8 Å². The highest BCUT2D eigenvalue weighted by Crippen LogP contribution is 2.36. The van der Waals surface area contributed by atoms with Crippen LogP contribution in [0.4, 0.5) is 11.4 Å². The van der Waals surface area contributed by atoms with Gasteiger partial charge in [-0.05, 0) is 80.4 Å². The van der Waals surface area contributed by atoms with Crippen molar-refractivity contribution in [1.82, 2.24) is 0 Å². The van der Waals surface area contributed by atoms with Crippen LogP contribution in [0.5, 0.6) is 11.5 Å². The number of nitrogens with zero attached hydrogens (tertiary/aromatic N) is 1. The minimum absolute atomic E-state index is 0.128. The number of amides is 2. The van der Waals surface area contributed by atoms with Crippen LogP contribution in [0.1, 0.15) is 23.6 Å². The Morgan fingerprint density at radius 1 is 1.03 bits per heavy atom. The lowest BCUT2D eigenvalue weighted by Gasteiger charge is -2.15. The molecule has 0 aliphatic carbocycles. The maximum absolute atomic E-state index is 13.1. The molecular weight excluding hydrogens is 492 g/mol. The summed E-state index contributed by atoms with van der Waals surface area (Å²) in [6, 6.07) is 20.4. The van der Waals surface area contributed by atoms with Crippen molar-refractivity contribution in [3.05, 3.63) is 88.3 Å². The van der Waals surface area contributed by atoms with Crippen LogP contribution in [-0.4, -0.2) is 29.3 Å². The van der Waals surface area contributed by atoms with E-state index in [9.17, 15) is 9.59 Å². The van der Waals surface area contributed by atoms with E-state index in [4.69, 9.17) is 21.7 Å². The summed E-state index contributed by atoms with van der Waals surface area (Å²) in [4.78, 5) is 27.5. The van der Waals surface area contributed by atoms with Crippen molar-refractivity contribution in [3.63, 3.8) is 0 Å². The van der Waals surface area contributed by atoms with E-state index < -0.39 is 0 Å². The third-order valence-electron chi connectivity index (χ3n) is 5.38. The summed E-state index contributed by atoms with van der Waals surface area (Å²) in [5.41, 5.74) is 4.35. The maximum Gasteiger partial charge on any atom is 0.270 e. The van der Waals surface area contributed by atoms with Crippen LogP contribution in [0.2, 0.25) is 0 Å². The number of thioether (sulfide) groups is 1. The third kappa shape index (κ3) is 6.13. The lowest BCUT2D eigenvalue weighted by atomic mass is 10.1. The number of ether oxygens (including phenoxy) is 2. The van der Waals surface area contributed by atoms with Gasteiger partial charge in [-0.25, -0.2) is 0 Å². The summed E-state index contributed by atoms with van der Waals surface area (Å²) >= 11 is 6.72. The molecule has 0 bridgehead atoms. The predicted molar refractivity (Wildman–Crippen MR) is 150 cm³/mol. The fourth-order valence-corrected chi connectivity index (χ4v) is 4.98. The number of carbonyl (C=O) groups excluding carboxylic acids is 2. The van der Waals surface area contributed by atoms with Gasteiger partial charge in [0.1, 0.15) is 11.5 Å². The molecule has 3 aromatic carbocycles. The molecule has 0 radical (unpaired) electrons. The number of benzene rings is 3. The van der Waals surface area contributed by atoms with Crippen LogP contribution < -0.4 is 19.7 Å². The van der Waals surface area contributed by atoms with Crippen molar-refractivity contribution in [3.8, 4) is 11.5 Å². The van der Waals surface area contributed by atoms with Crippen molar-refractivity contribution < 1.29 is 19.1 Å². The zero-order chi connectivity index (χ0) is 25.7. The average molecular weight is 519 g/mol. The van der Waals surface area contributed by atoms with E-state index in [-0.39, 0.29) is 18.4 Å². The molecule has 1 fully saturated rings. The fourth-order valence-electron chi connectivity index (χ4n) is 3.68. The Morgan fingerprint density at radius 2 is 1.81 bits per heavy atom. The first-order valence-corrected chi connectivity index (χ1v) is 12.7. The molecule has 0 unspecified atom stereocenters. The first-order valence-electron chi connectivity index (χ1n) is 11.4. The Morgan fingerprint density at radius 3 is 2.53 bits per heavy atom. The van der Waals surface area contributed by atoms with Crippen molar-refractivity contribution in [2.24, 2.45) is 0 Å². The number of thiocarbonyl (C=S) groups is 1. The lowest BCUT2D eigenvalue weighted by Crippen LogP contribution is -2.27. The van der Waals surface area contributed by atoms with Gasteiger partial charge in [0.15, 0.2) is 10.9 Å². The number of hydrogen-bond donors (Lipinski definition) is 1. The van der Waals surface area contributed by atoms with Crippen molar-refractivity contribution in [2.45, 2.75) is 20.8 Å². The van der Waals surface area contributed by atoms with Crippen LogP contribution >= 0.6 is 24.0 Å². The summed E-state index contributed by atoms with van der Waals surface area (Å²) in [6.45, 7) is 6.32. The Labute approximate surface area is 220 Å². The van der Waals surface area contributed by atoms with Gasteiger partial charge >= 0.3 is 0 Å². The first-order chi connectivity index (χ1) is 17.3. The molecule has 3 aromatic rings. The summed E-state index contributed by atoms with van der Waals surface area (Å²) in [5.74, 6) is 0.833. The number of rotatable bonds is 8. The number of aryl methyl sites for hydroxylation is 2. The Hall–Kier alpha value is -3.62. The van der Waals surface area contributed by atoms with E-state index in [0.29, 0.717) is 27.3 Å². The topological polar surface area (TPSA) is 67.9 Å². The zero-order valence-electron chi connectivity index (χ0n) is 20.2. The van der Waals surface area contributed by atoms with Crippen LogP contribution in [0, 0.1) is 13.8 Å². The minimum atomic E-state index is -0.247. The molecule has 4 rings (SSSR count). The normalized spacial score (nSPS) is 14.3. The molecule has 1 aliphatic rings. The van der Waals surface area contributed by atoms with E-state index in [1.54, 1.807) is 18.2 Å². The number of hydrogen-bond acceptors (Lipinski definition) is 6. The van der Waals surface area contributed by atoms with Crippen LogP contribution in [0.25, 0.3) is 6.08 Å². The van der Waals surface area contributed by atoms with Gasteiger partial charge in [0, 0.05) is 5.69 Å². The van der Waals surface area contributed by atoms with Gasteiger partial charge in [-0.3, -0.25) is 14.5 Å². The van der Waals surface area contributed by atoms with E-state index in [2.05, 4.69) is 5.32 Å². The Balaban J connectivity index is 1.41. The summed E-state index contributed by atoms with van der Waals surface area (Å²) in [6.07, 6.45) is 1.77. The highest BCUT2D eigenvalue weighted by atomic mass is 32.2. The second-order valence-electron chi connectivity index (χ2n) is 8.17. The maximum atomic E-state index is 13.1. The molecule has 6 nitrogen and oxygen atoms in total. The molecule has 0 spiro atoms. The SMILES string of the molecule is CCOc1ccc(N2C(=O)/C(=C/c3cccc(OCC(=O)Nc4ccc(C)cc4C)c3)SC2=S)cc1. The molecule has 36 heavy (non-hydrogen) atoms. The highest BCUT2D eigenvalue weighted by molar-refractivity contribution is 8.27. The minimum Gasteiger partial charge on any atom is -0.494 e. The third-order valence-corrected chi connectivity index (χ3v) is 6.68. The monoisotopic (exact) mass is 518 g/mol. The fraction of sp³-hybridized carbons (Fsp3) is 0.179. The molecular formula is C28H26N2O4S2. The van der Waals surface area contributed by atoms with Gasteiger partial charge in [0.2, 0.25) is 0 Å². The van der Waals surface area contributed by atoms with Crippen molar-refractivity contribution in [2.75, 3.05) is 23.4 Å². The van der Waals surface area contributed by atoms with E-state index in [0.717, 1.165) is 28.1 Å². The molecule has 1 aliphatic heterocycles. The van der Waals surface area contributed by atoms with E-state index >= 15 is 0 Å². The molecule has 0 atom stereocenters. The molecule has 0 aromatic heterocycles. The first kappa shape index (κ1) is 25.5. The van der Waals surface area contributed by atoms with Gasteiger partial charge in [0.05, 0.1) is 17.2 Å². The second kappa shape index (κ2) is 11.4. The Bertz CT molecular complexity index is 1340. The highest BCUT2D eigenvalue weighted by Gasteiger charge is 2.33.